The maximum Gasteiger partial charge on any atom is 0.335 e. The van der Waals surface area contributed by atoms with Gasteiger partial charge in [-0.3, -0.25) is 9.59 Å². The van der Waals surface area contributed by atoms with E-state index in [-0.39, 0.29) is 26.1 Å². The minimum atomic E-state index is -1.85. The molecule has 6 atom stereocenters. The van der Waals surface area contributed by atoms with Gasteiger partial charge in [-0.2, -0.15) is 0 Å². The van der Waals surface area contributed by atoms with Crippen molar-refractivity contribution in [2.45, 2.75) is 230 Å². The summed E-state index contributed by atoms with van der Waals surface area (Å²) in [7, 11) is 0. The first-order valence-electron chi connectivity index (χ1n) is 21.1. The second kappa shape index (κ2) is 32.6. The molecule has 0 aromatic carbocycles. The van der Waals surface area contributed by atoms with Crippen molar-refractivity contribution in [2.24, 2.45) is 0 Å². The van der Waals surface area contributed by atoms with Crippen molar-refractivity contribution >= 4 is 17.9 Å². The number of ether oxygens (including phenoxy) is 4. The number of carbonyl (C=O) groups is 3. The molecule has 11 heteroatoms. The molecule has 1 rings (SSSR count). The molecule has 306 valence electrons. The number of esters is 2. The molecule has 52 heavy (non-hydrogen) atoms. The molecule has 0 amide bonds. The first-order chi connectivity index (χ1) is 25.2. The zero-order chi connectivity index (χ0) is 38.2. The topological polar surface area (TPSA) is 169 Å². The van der Waals surface area contributed by atoms with Crippen molar-refractivity contribution in [3.05, 3.63) is 0 Å². The van der Waals surface area contributed by atoms with E-state index in [0.29, 0.717) is 12.8 Å². The molecule has 1 heterocycles. The van der Waals surface area contributed by atoms with Gasteiger partial charge in [-0.1, -0.05) is 168 Å². The Bertz CT molecular complexity index is 885. The van der Waals surface area contributed by atoms with Gasteiger partial charge in [0.15, 0.2) is 18.5 Å². The molecule has 1 fully saturated rings. The molecular formula is C41H76O11. The summed E-state index contributed by atoms with van der Waals surface area (Å²) >= 11 is 0. The van der Waals surface area contributed by atoms with Crippen molar-refractivity contribution in [1.29, 1.82) is 0 Å². The number of carboxylic acids is 1. The number of aliphatic hydroxyl groups is 3. The minimum absolute atomic E-state index is 0.189. The average Bonchev–Trinajstić information content (AvgIpc) is 3.12. The number of hydrogen-bond donors (Lipinski definition) is 4. The molecule has 0 aromatic rings. The first-order valence-corrected chi connectivity index (χ1v) is 21.1. The SMILES string of the molecule is CCCCCCCCCCCCCCCCCCCC(=O)OCC(COC1OC(C(=O)O)C(O)C(O)C1O)OC(=O)CCCCCCCCCCC. The Hall–Kier alpha value is -1.79. The molecular weight excluding hydrogens is 668 g/mol. The molecule has 0 aliphatic carbocycles. The summed E-state index contributed by atoms with van der Waals surface area (Å²) in [5.41, 5.74) is 0. The van der Waals surface area contributed by atoms with Gasteiger partial charge in [0.1, 0.15) is 24.9 Å². The molecule has 1 aliphatic rings. The van der Waals surface area contributed by atoms with Crippen LogP contribution in [0.5, 0.6) is 0 Å². The van der Waals surface area contributed by atoms with Gasteiger partial charge in [0.2, 0.25) is 0 Å². The van der Waals surface area contributed by atoms with E-state index in [4.69, 9.17) is 18.9 Å². The van der Waals surface area contributed by atoms with Crippen molar-refractivity contribution in [2.75, 3.05) is 13.2 Å². The van der Waals surface area contributed by atoms with E-state index >= 15 is 0 Å². The highest BCUT2D eigenvalue weighted by atomic mass is 16.7. The van der Waals surface area contributed by atoms with Crippen LogP contribution < -0.4 is 0 Å². The van der Waals surface area contributed by atoms with Crippen LogP contribution in [-0.4, -0.2) is 88.4 Å². The normalized spacial score (nSPS) is 20.8. The molecule has 11 nitrogen and oxygen atoms in total. The van der Waals surface area contributed by atoms with Gasteiger partial charge in [0.05, 0.1) is 6.61 Å². The molecule has 0 spiro atoms. The largest absolute Gasteiger partial charge is 0.479 e. The molecule has 4 N–H and O–H groups in total. The Morgan fingerprint density at radius 1 is 0.519 bits per heavy atom. The van der Waals surface area contributed by atoms with E-state index in [9.17, 15) is 34.8 Å². The summed E-state index contributed by atoms with van der Waals surface area (Å²) < 4.78 is 21.6. The van der Waals surface area contributed by atoms with E-state index in [2.05, 4.69) is 13.8 Å². The van der Waals surface area contributed by atoms with Crippen LogP contribution in [0.3, 0.4) is 0 Å². The highest BCUT2D eigenvalue weighted by molar-refractivity contribution is 5.73. The lowest BCUT2D eigenvalue weighted by molar-refractivity contribution is -0.298. The van der Waals surface area contributed by atoms with Gasteiger partial charge in [-0.05, 0) is 12.8 Å². The fourth-order valence-corrected chi connectivity index (χ4v) is 6.59. The molecule has 1 aliphatic heterocycles. The lowest BCUT2D eigenvalue weighted by Gasteiger charge is -2.38. The lowest BCUT2D eigenvalue weighted by atomic mass is 9.99. The Kier molecular flexibility index (Phi) is 30.3. The molecule has 0 saturated carbocycles. The summed E-state index contributed by atoms with van der Waals surface area (Å²) in [4.78, 5) is 36.6. The molecule has 0 radical (unpaired) electrons. The maximum atomic E-state index is 12.7. The number of rotatable bonds is 35. The number of hydrogen-bond acceptors (Lipinski definition) is 10. The molecule has 0 bridgehead atoms. The Morgan fingerprint density at radius 2 is 0.904 bits per heavy atom. The van der Waals surface area contributed by atoms with Gasteiger partial charge in [-0.25, -0.2) is 4.79 Å². The second-order valence-electron chi connectivity index (χ2n) is 14.8. The van der Waals surface area contributed by atoms with Gasteiger partial charge in [-0.15, -0.1) is 0 Å². The number of aliphatic carboxylic acids is 1. The summed E-state index contributed by atoms with van der Waals surface area (Å²) in [6, 6.07) is 0. The predicted octanol–water partition coefficient (Wildman–Crippen LogP) is 8.31. The van der Waals surface area contributed by atoms with Gasteiger partial charge >= 0.3 is 17.9 Å². The van der Waals surface area contributed by atoms with E-state index in [1.807, 2.05) is 0 Å². The smallest absolute Gasteiger partial charge is 0.335 e. The zero-order valence-electron chi connectivity index (χ0n) is 32.8. The summed E-state index contributed by atoms with van der Waals surface area (Å²) in [6.45, 7) is 3.79. The van der Waals surface area contributed by atoms with Crippen molar-refractivity contribution < 1.29 is 53.8 Å². The third kappa shape index (κ3) is 24.5. The van der Waals surface area contributed by atoms with Gasteiger partial charge in [0, 0.05) is 12.8 Å². The van der Waals surface area contributed by atoms with Crippen LogP contribution in [-0.2, 0) is 33.3 Å². The Labute approximate surface area is 314 Å². The highest BCUT2D eigenvalue weighted by Crippen LogP contribution is 2.23. The van der Waals surface area contributed by atoms with Gasteiger partial charge < -0.3 is 39.4 Å². The van der Waals surface area contributed by atoms with Crippen LogP contribution in [0.25, 0.3) is 0 Å². The highest BCUT2D eigenvalue weighted by Gasteiger charge is 2.47. The third-order valence-corrected chi connectivity index (χ3v) is 9.96. The summed E-state index contributed by atoms with van der Waals surface area (Å²) in [5, 5.41) is 39.6. The predicted molar refractivity (Wildman–Crippen MR) is 202 cm³/mol. The molecule has 6 unspecified atom stereocenters. The number of unbranched alkanes of at least 4 members (excludes halogenated alkanes) is 24. The monoisotopic (exact) mass is 745 g/mol. The average molecular weight is 745 g/mol. The van der Waals surface area contributed by atoms with Crippen LogP contribution >= 0.6 is 0 Å². The van der Waals surface area contributed by atoms with Crippen LogP contribution in [0.2, 0.25) is 0 Å². The quantitative estimate of drug-likeness (QED) is 0.0364. The van der Waals surface area contributed by atoms with Crippen LogP contribution in [0.1, 0.15) is 194 Å². The number of aliphatic hydroxyl groups excluding tert-OH is 3. The lowest BCUT2D eigenvalue weighted by Crippen LogP contribution is -2.60. The fourth-order valence-electron chi connectivity index (χ4n) is 6.59. The number of carbonyl (C=O) groups excluding carboxylic acids is 2. The zero-order valence-corrected chi connectivity index (χ0v) is 32.8. The molecule has 1 saturated heterocycles. The van der Waals surface area contributed by atoms with Crippen molar-refractivity contribution in [3.8, 4) is 0 Å². The number of carboxylic acid groups (broad SMARTS) is 1. The van der Waals surface area contributed by atoms with E-state index < -0.39 is 54.7 Å². The van der Waals surface area contributed by atoms with Crippen molar-refractivity contribution in [3.63, 3.8) is 0 Å². The molecule has 0 aromatic heterocycles. The fraction of sp³-hybridized carbons (Fsp3) is 0.927. The van der Waals surface area contributed by atoms with Crippen LogP contribution in [0.15, 0.2) is 0 Å². The standard InChI is InChI=1S/C41H76O11/c1-3-5-7-9-11-13-14-15-16-17-18-19-20-22-23-25-27-29-34(42)49-31-33(51-35(43)30-28-26-24-21-12-10-8-6-4-2)32-50-41-38(46)36(44)37(45)39(52-41)40(47)48/h33,36-39,41,44-46H,3-32H2,1-2H3,(H,47,48). The van der Waals surface area contributed by atoms with Crippen LogP contribution in [0.4, 0.5) is 0 Å². The minimum Gasteiger partial charge on any atom is -0.479 e. The Balaban J connectivity index is 2.34. The van der Waals surface area contributed by atoms with E-state index in [0.717, 1.165) is 38.5 Å². The summed E-state index contributed by atoms with van der Waals surface area (Å²) in [5.74, 6) is -2.43. The van der Waals surface area contributed by atoms with Gasteiger partial charge in [0.25, 0.3) is 0 Å². The van der Waals surface area contributed by atoms with Crippen LogP contribution in [0, 0.1) is 0 Å². The summed E-state index contributed by atoms with van der Waals surface area (Å²) in [6.07, 6.45) is 21.7. The third-order valence-electron chi connectivity index (χ3n) is 9.96. The van der Waals surface area contributed by atoms with E-state index in [1.54, 1.807) is 0 Å². The maximum absolute atomic E-state index is 12.7. The van der Waals surface area contributed by atoms with E-state index in [1.165, 1.54) is 116 Å². The Morgan fingerprint density at radius 3 is 1.31 bits per heavy atom. The first kappa shape index (κ1) is 48.2. The van der Waals surface area contributed by atoms with Crippen molar-refractivity contribution in [1.82, 2.24) is 0 Å². The second-order valence-corrected chi connectivity index (χ2v) is 14.8.